The molecule has 0 saturated heterocycles. The molecule has 1 aromatic carbocycles. The van der Waals surface area contributed by atoms with Crippen molar-refractivity contribution < 1.29 is 0 Å². The van der Waals surface area contributed by atoms with Gasteiger partial charge in [0.05, 0.1) is 11.4 Å². The summed E-state index contributed by atoms with van der Waals surface area (Å²) in [7, 11) is 0. The van der Waals surface area contributed by atoms with Crippen LogP contribution in [0.15, 0.2) is 34.0 Å². The highest BCUT2D eigenvalue weighted by molar-refractivity contribution is 7.98. The Hall–Kier alpha value is -1.26. The van der Waals surface area contributed by atoms with Crippen molar-refractivity contribution in [3.8, 4) is 0 Å². The van der Waals surface area contributed by atoms with Crippen LogP contribution in [0.3, 0.4) is 0 Å². The summed E-state index contributed by atoms with van der Waals surface area (Å²) in [4.78, 5) is 20.9. The van der Waals surface area contributed by atoms with Crippen LogP contribution in [0.2, 0.25) is 5.02 Å². The Morgan fingerprint density at radius 2 is 1.90 bits per heavy atom. The van der Waals surface area contributed by atoms with E-state index in [1.807, 2.05) is 24.3 Å². The molecule has 1 aromatic heterocycles. The zero-order valence-electron chi connectivity index (χ0n) is 11.7. The molecule has 0 unspecified atom stereocenters. The lowest BCUT2D eigenvalue weighted by Crippen LogP contribution is -2.19. The number of aromatic nitrogens is 2. The van der Waals surface area contributed by atoms with Gasteiger partial charge in [-0.3, -0.25) is 4.79 Å². The van der Waals surface area contributed by atoms with E-state index in [4.69, 9.17) is 11.6 Å². The van der Waals surface area contributed by atoms with Crippen LogP contribution in [0.5, 0.6) is 0 Å². The summed E-state index contributed by atoms with van der Waals surface area (Å²) in [6, 6.07) is 7.71. The molecule has 0 saturated carbocycles. The van der Waals surface area contributed by atoms with Crippen LogP contribution in [0, 0.1) is 0 Å². The predicted molar refractivity (Wildman–Crippen MR) is 87.1 cm³/mol. The maximum absolute atomic E-state index is 12.2. The number of aryl methyl sites for hydroxylation is 1. The third-order valence-electron chi connectivity index (χ3n) is 3.68. The van der Waals surface area contributed by atoms with Crippen molar-refractivity contribution in [3.05, 3.63) is 56.7 Å². The van der Waals surface area contributed by atoms with Crippen molar-refractivity contribution in [1.29, 1.82) is 0 Å². The summed E-state index contributed by atoms with van der Waals surface area (Å²) < 4.78 is 0. The minimum atomic E-state index is 0.0496. The maximum Gasteiger partial charge on any atom is 0.254 e. The minimum Gasteiger partial charge on any atom is -0.310 e. The minimum absolute atomic E-state index is 0.0496. The third kappa shape index (κ3) is 3.69. The van der Waals surface area contributed by atoms with E-state index in [-0.39, 0.29) is 5.56 Å². The number of fused-ring (bicyclic) bond motifs is 1. The van der Waals surface area contributed by atoms with Gasteiger partial charge < -0.3 is 4.98 Å². The second kappa shape index (κ2) is 6.67. The van der Waals surface area contributed by atoms with E-state index in [2.05, 4.69) is 9.97 Å². The number of nitrogens with zero attached hydrogens (tertiary/aromatic N) is 1. The Kier molecular flexibility index (Phi) is 4.66. The molecule has 0 atom stereocenters. The van der Waals surface area contributed by atoms with Crippen molar-refractivity contribution >= 4 is 23.4 Å². The molecule has 0 spiro atoms. The molecule has 3 nitrogen and oxygen atoms in total. The molecule has 1 aliphatic carbocycles. The van der Waals surface area contributed by atoms with Gasteiger partial charge in [-0.25, -0.2) is 4.98 Å². The number of hydrogen-bond donors (Lipinski definition) is 1. The third-order valence-corrected chi connectivity index (χ3v) is 4.95. The highest BCUT2D eigenvalue weighted by Gasteiger charge is 2.14. The Morgan fingerprint density at radius 1 is 1.14 bits per heavy atom. The van der Waals surface area contributed by atoms with Gasteiger partial charge in [-0.15, -0.1) is 11.8 Å². The Balaban J connectivity index is 1.77. The molecule has 1 N–H and O–H groups in total. The average Bonchev–Trinajstić information content (AvgIpc) is 2.72. The summed E-state index contributed by atoms with van der Waals surface area (Å²) in [5.41, 5.74) is 1.95. The van der Waals surface area contributed by atoms with Crippen LogP contribution in [0.25, 0.3) is 0 Å². The first-order valence-corrected chi connectivity index (χ1v) is 8.58. The van der Waals surface area contributed by atoms with Gasteiger partial charge >= 0.3 is 0 Å². The normalized spacial score (nSPS) is 14.5. The van der Waals surface area contributed by atoms with E-state index in [0.29, 0.717) is 5.75 Å². The number of halogens is 1. The van der Waals surface area contributed by atoms with Crippen LogP contribution >= 0.6 is 23.4 Å². The van der Waals surface area contributed by atoms with Crippen molar-refractivity contribution in [2.75, 3.05) is 0 Å². The Bertz CT molecular complexity index is 682. The molecule has 5 heteroatoms. The van der Waals surface area contributed by atoms with Crippen LogP contribution in [-0.2, 0) is 18.6 Å². The molecular formula is C16H17ClN2OS. The lowest BCUT2D eigenvalue weighted by Gasteiger charge is -2.07. The number of nitrogens with one attached hydrogen (secondary N) is 1. The van der Waals surface area contributed by atoms with Crippen LogP contribution in [0.4, 0.5) is 0 Å². The summed E-state index contributed by atoms with van der Waals surface area (Å²) in [5.74, 6) is 1.44. The van der Waals surface area contributed by atoms with E-state index >= 15 is 0 Å². The number of H-pyrrole nitrogens is 1. The molecule has 0 bridgehead atoms. The molecule has 110 valence electrons. The van der Waals surface area contributed by atoms with Crippen molar-refractivity contribution in [3.63, 3.8) is 0 Å². The first-order chi connectivity index (χ1) is 10.2. The van der Waals surface area contributed by atoms with Gasteiger partial charge in [0.25, 0.3) is 5.56 Å². The summed E-state index contributed by atoms with van der Waals surface area (Å²) in [5, 5.41) is 0.732. The Morgan fingerprint density at radius 3 is 2.71 bits per heavy atom. The van der Waals surface area contributed by atoms with Gasteiger partial charge in [0.15, 0.2) is 0 Å². The lowest BCUT2D eigenvalue weighted by molar-refractivity contribution is 0.708. The molecule has 21 heavy (non-hydrogen) atoms. The summed E-state index contributed by atoms with van der Waals surface area (Å²) >= 11 is 7.53. The van der Waals surface area contributed by atoms with E-state index in [0.717, 1.165) is 52.7 Å². The smallest absolute Gasteiger partial charge is 0.254 e. The van der Waals surface area contributed by atoms with E-state index in [9.17, 15) is 4.79 Å². The SMILES string of the molecule is O=c1[nH]c(CSc2ccc(Cl)cc2)nc2c1CCCCC2. The zero-order valence-corrected chi connectivity index (χ0v) is 13.3. The molecule has 0 aliphatic heterocycles. The quantitative estimate of drug-likeness (QED) is 0.687. The standard InChI is InChI=1S/C16H17ClN2OS/c17-11-6-8-12(9-7-11)21-10-15-18-14-5-3-1-2-4-13(14)16(20)19-15/h6-9H,1-5,10H2,(H,18,19,20). The highest BCUT2D eigenvalue weighted by Crippen LogP contribution is 2.23. The Labute approximate surface area is 133 Å². The van der Waals surface area contributed by atoms with Gasteiger partial charge in [-0.1, -0.05) is 18.0 Å². The highest BCUT2D eigenvalue weighted by atomic mass is 35.5. The fraction of sp³-hybridized carbons (Fsp3) is 0.375. The first-order valence-electron chi connectivity index (χ1n) is 7.22. The van der Waals surface area contributed by atoms with Gasteiger partial charge in [0, 0.05) is 15.5 Å². The van der Waals surface area contributed by atoms with Gasteiger partial charge in [-0.2, -0.15) is 0 Å². The number of benzene rings is 1. The van der Waals surface area contributed by atoms with E-state index in [1.165, 1.54) is 6.42 Å². The maximum atomic E-state index is 12.2. The lowest BCUT2D eigenvalue weighted by atomic mass is 10.1. The van der Waals surface area contributed by atoms with Crippen LogP contribution in [0.1, 0.15) is 36.3 Å². The van der Waals surface area contributed by atoms with Crippen molar-refractivity contribution in [2.45, 2.75) is 42.8 Å². The second-order valence-electron chi connectivity index (χ2n) is 5.24. The molecule has 0 radical (unpaired) electrons. The summed E-state index contributed by atoms with van der Waals surface area (Å²) in [6.45, 7) is 0. The molecule has 0 amide bonds. The van der Waals surface area contributed by atoms with Crippen LogP contribution in [-0.4, -0.2) is 9.97 Å². The van der Waals surface area contributed by atoms with Gasteiger partial charge in [0.1, 0.15) is 5.82 Å². The zero-order chi connectivity index (χ0) is 14.7. The van der Waals surface area contributed by atoms with Crippen molar-refractivity contribution in [1.82, 2.24) is 9.97 Å². The number of rotatable bonds is 3. The topological polar surface area (TPSA) is 45.8 Å². The molecule has 0 fully saturated rings. The van der Waals surface area contributed by atoms with Gasteiger partial charge in [0.2, 0.25) is 0 Å². The fourth-order valence-corrected chi connectivity index (χ4v) is 3.48. The molecule has 3 rings (SSSR count). The van der Waals surface area contributed by atoms with Crippen LogP contribution < -0.4 is 5.56 Å². The molecule has 1 heterocycles. The molecule has 2 aromatic rings. The monoisotopic (exact) mass is 320 g/mol. The largest absolute Gasteiger partial charge is 0.310 e. The number of thioether (sulfide) groups is 1. The number of aromatic amines is 1. The average molecular weight is 321 g/mol. The van der Waals surface area contributed by atoms with Crippen molar-refractivity contribution in [2.24, 2.45) is 0 Å². The van der Waals surface area contributed by atoms with E-state index in [1.54, 1.807) is 11.8 Å². The first kappa shape index (κ1) is 14.7. The second-order valence-corrected chi connectivity index (χ2v) is 6.73. The molecule has 1 aliphatic rings. The number of hydrogen-bond acceptors (Lipinski definition) is 3. The predicted octanol–water partition coefficient (Wildman–Crippen LogP) is 3.98. The molecular weight excluding hydrogens is 304 g/mol. The van der Waals surface area contributed by atoms with E-state index < -0.39 is 0 Å². The summed E-state index contributed by atoms with van der Waals surface area (Å²) in [6.07, 6.45) is 5.20. The fourth-order valence-electron chi connectivity index (χ4n) is 2.58. The van der Waals surface area contributed by atoms with Gasteiger partial charge in [-0.05, 0) is 49.9 Å².